The highest BCUT2D eigenvalue weighted by Gasteiger charge is 2.57. The van der Waals surface area contributed by atoms with Crippen LogP contribution in [0.3, 0.4) is 0 Å². The molecule has 68 valence electrons. The van der Waals surface area contributed by atoms with Gasteiger partial charge in [-0.05, 0) is 12.3 Å². The lowest BCUT2D eigenvalue weighted by Gasteiger charge is -2.30. The number of ether oxygens (including phenoxy) is 1. The average Bonchev–Trinajstić information content (AvgIpc) is 2.81. The third-order valence-electron chi connectivity index (χ3n) is 3.21. The zero-order valence-electron chi connectivity index (χ0n) is 7.36. The maximum atomic E-state index is 11.3. The number of hydrogen-bond donors (Lipinski definition) is 1. The highest BCUT2D eigenvalue weighted by molar-refractivity contribution is 5.89. The third kappa shape index (κ3) is 0.930. The van der Waals surface area contributed by atoms with E-state index in [9.17, 15) is 9.90 Å². The Morgan fingerprint density at radius 1 is 1.58 bits per heavy atom. The Morgan fingerprint density at radius 3 is 2.83 bits per heavy atom. The van der Waals surface area contributed by atoms with Crippen molar-refractivity contribution >= 4 is 5.78 Å². The Bertz CT molecular complexity index is 214. The summed E-state index contributed by atoms with van der Waals surface area (Å²) < 4.78 is 5.26. The van der Waals surface area contributed by atoms with Gasteiger partial charge in [-0.2, -0.15) is 0 Å². The first-order chi connectivity index (χ1) is 5.66. The van der Waals surface area contributed by atoms with E-state index in [1.165, 1.54) is 0 Å². The van der Waals surface area contributed by atoms with Crippen LogP contribution in [0.15, 0.2) is 0 Å². The largest absolute Gasteiger partial charge is 0.385 e. The zero-order chi connectivity index (χ0) is 8.88. The molecular formula is C9H14O3. The molecule has 2 saturated carbocycles. The zero-order valence-corrected chi connectivity index (χ0v) is 7.36. The summed E-state index contributed by atoms with van der Waals surface area (Å²) in [6.07, 6.45) is 0.208. The summed E-state index contributed by atoms with van der Waals surface area (Å²) in [7, 11) is 1.65. The van der Waals surface area contributed by atoms with Crippen LogP contribution in [0, 0.1) is 17.8 Å². The van der Waals surface area contributed by atoms with Gasteiger partial charge in [-0.1, -0.05) is 6.92 Å². The minimum atomic E-state index is -0.793. The van der Waals surface area contributed by atoms with Gasteiger partial charge < -0.3 is 9.84 Å². The fourth-order valence-electron chi connectivity index (χ4n) is 2.34. The van der Waals surface area contributed by atoms with Crippen molar-refractivity contribution in [2.24, 2.45) is 17.8 Å². The number of carbonyl (C=O) groups is 1. The normalized spacial score (nSPS) is 51.9. The molecule has 0 aromatic rings. The van der Waals surface area contributed by atoms with Gasteiger partial charge in [0.2, 0.25) is 0 Å². The van der Waals surface area contributed by atoms with Crippen LogP contribution < -0.4 is 0 Å². The van der Waals surface area contributed by atoms with Crippen LogP contribution in [-0.4, -0.2) is 30.2 Å². The van der Waals surface area contributed by atoms with E-state index in [4.69, 9.17) is 4.74 Å². The maximum absolute atomic E-state index is 11.3. The molecule has 0 radical (unpaired) electrons. The molecule has 3 nitrogen and oxygen atoms in total. The molecule has 0 heterocycles. The monoisotopic (exact) mass is 170 g/mol. The Morgan fingerprint density at radius 2 is 2.25 bits per heavy atom. The van der Waals surface area contributed by atoms with E-state index in [1.54, 1.807) is 7.11 Å². The van der Waals surface area contributed by atoms with E-state index >= 15 is 0 Å². The molecule has 0 amide bonds. The molecule has 0 unspecified atom stereocenters. The van der Waals surface area contributed by atoms with Crippen molar-refractivity contribution in [2.45, 2.75) is 25.6 Å². The number of methoxy groups -OCH3 is 1. The van der Waals surface area contributed by atoms with E-state index in [0.29, 0.717) is 5.92 Å². The number of rotatable bonds is 1. The fraction of sp³-hybridized carbons (Fsp3) is 0.889. The molecule has 2 aliphatic rings. The van der Waals surface area contributed by atoms with E-state index in [-0.39, 0.29) is 23.7 Å². The maximum Gasteiger partial charge on any atom is 0.165 e. The summed E-state index contributed by atoms with van der Waals surface area (Å²) >= 11 is 0. The molecule has 2 fully saturated rings. The molecule has 2 rings (SSSR count). The van der Waals surface area contributed by atoms with Crippen molar-refractivity contribution in [2.75, 3.05) is 7.11 Å². The van der Waals surface area contributed by atoms with Crippen LogP contribution in [-0.2, 0) is 9.53 Å². The van der Waals surface area contributed by atoms with Crippen molar-refractivity contribution in [3.8, 4) is 0 Å². The molecule has 0 saturated heterocycles. The Balaban J connectivity index is 2.16. The molecule has 0 bridgehead atoms. The minimum Gasteiger partial charge on any atom is -0.385 e. The van der Waals surface area contributed by atoms with Crippen molar-refractivity contribution in [3.05, 3.63) is 0 Å². The Labute approximate surface area is 71.7 Å². The van der Waals surface area contributed by atoms with Crippen LogP contribution in [0.5, 0.6) is 0 Å². The number of Topliss-reactive ketones (excluding diaryl/α,β-unsaturated/α-hetero) is 1. The van der Waals surface area contributed by atoms with Crippen molar-refractivity contribution in [1.29, 1.82) is 0 Å². The quantitative estimate of drug-likeness (QED) is 0.612. The summed E-state index contributed by atoms with van der Waals surface area (Å²) in [4.78, 5) is 11.3. The fourth-order valence-corrected chi connectivity index (χ4v) is 2.34. The molecule has 0 aromatic heterocycles. The topological polar surface area (TPSA) is 46.5 Å². The number of aliphatic hydroxyl groups excluding tert-OH is 1. The third-order valence-corrected chi connectivity index (χ3v) is 3.21. The van der Waals surface area contributed by atoms with E-state index in [1.807, 2.05) is 6.92 Å². The van der Waals surface area contributed by atoms with Gasteiger partial charge in [0.15, 0.2) is 5.78 Å². The average molecular weight is 170 g/mol. The first kappa shape index (κ1) is 8.20. The van der Waals surface area contributed by atoms with Crippen molar-refractivity contribution in [3.63, 3.8) is 0 Å². The number of hydrogen-bond acceptors (Lipinski definition) is 3. The van der Waals surface area contributed by atoms with Gasteiger partial charge in [-0.15, -0.1) is 0 Å². The molecule has 12 heavy (non-hydrogen) atoms. The van der Waals surface area contributed by atoms with Crippen LogP contribution in [0.1, 0.15) is 13.3 Å². The second-order valence-electron chi connectivity index (χ2n) is 3.91. The predicted octanol–water partition coefficient (Wildman–Crippen LogP) is 0.217. The molecule has 0 aliphatic heterocycles. The molecular weight excluding hydrogens is 156 g/mol. The summed E-state index contributed by atoms with van der Waals surface area (Å²) in [5.41, 5.74) is 0. The molecule has 0 aromatic carbocycles. The lowest BCUT2D eigenvalue weighted by molar-refractivity contribution is -0.140. The van der Waals surface area contributed by atoms with E-state index in [2.05, 4.69) is 0 Å². The van der Waals surface area contributed by atoms with Gasteiger partial charge in [0.05, 0.1) is 6.10 Å². The van der Waals surface area contributed by atoms with E-state index < -0.39 is 6.10 Å². The van der Waals surface area contributed by atoms with E-state index in [0.717, 1.165) is 6.42 Å². The van der Waals surface area contributed by atoms with Crippen LogP contribution >= 0.6 is 0 Å². The second-order valence-corrected chi connectivity index (χ2v) is 3.91. The number of carbonyl (C=O) groups excluding carboxylic acids is 1. The summed E-state index contributed by atoms with van der Waals surface area (Å²) in [6, 6.07) is 0. The summed E-state index contributed by atoms with van der Waals surface area (Å²) in [6.45, 7) is 1.88. The Kier molecular flexibility index (Phi) is 1.73. The number of aliphatic hydroxyl groups is 1. The number of ketones is 1. The Hall–Kier alpha value is -0.410. The van der Waals surface area contributed by atoms with Gasteiger partial charge in [0.25, 0.3) is 0 Å². The first-order valence-electron chi connectivity index (χ1n) is 4.41. The van der Waals surface area contributed by atoms with Crippen LogP contribution in [0.2, 0.25) is 0 Å². The lowest BCUT2D eigenvalue weighted by atomic mass is 9.84. The first-order valence-corrected chi connectivity index (χ1v) is 4.41. The van der Waals surface area contributed by atoms with Crippen molar-refractivity contribution < 1.29 is 14.6 Å². The van der Waals surface area contributed by atoms with Gasteiger partial charge in [0, 0.05) is 18.9 Å². The summed E-state index contributed by atoms with van der Waals surface area (Å²) in [5, 5.41) is 9.52. The standard InChI is InChI=1S/C9H14O3/c1-4-7(10)8(11)5-3-6(5)9(4)12-2/h4-7,9-10H,3H2,1-2H3/t4-,5+,6-,7-,9-/m0/s1. The van der Waals surface area contributed by atoms with Crippen LogP contribution in [0.25, 0.3) is 0 Å². The second kappa shape index (κ2) is 2.54. The molecule has 0 spiro atoms. The number of fused-ring (bicyclic) bond motifs is 1. The van der Waals surface area contributed by atoms with Gasteiger partial charge in [0.1, 0.15) is 6.10 Å². The SMILES string of the molecule is CO[C@H]1[C@@H](C)[C@H](O)C(=O)[C@@H]2C[C@H]12. The predicted molar refractivity (Wildman–Crippen MR) is 42.6 cm³/mol. The summed E-state index contributed by atoms with van der Waals surface area (Å²) in [5.74, 6) is 0.481. The molecule has 1 N–H and O–H groups in total. The molecule has 5 atom stereocenters. The molecule has 2 aliphatic carbocycles. The minimum absolute atomic E-state index is 0.0285. The smallest absolute Gasteiger partial charge is 0.165 e. The lowest BCUT2D eigenvalue weighted by Crippen LogP contribution is -2.43. The van der Waals surface area contributed by atoms with Gasteiger partial charge >= 0.3 is 0 Å². The van der Waals surface area contributed by atoms with Crippen molar-refractivity contribution in [1.82, 2.24) is 0 Å². The highest BCUT2D eigenvalue weighted by Crippen LogP contribution is 2.50. The van der Waals surface area contributed by atoms with Gasteiger partial charge in [-0.25, -0.2) is 0 Å². The van der Waals surface area contributed by atoms with Gasteiger partial charge in [-0.3, -0.25) is 4.79 Å². The highest BCUT2D eigenvalue weighted by atomic mass is 16.5. The van der Waals surface area contributed by atoms with Crippen LogP contribution in [0.4, 0.5) is 0 Å². The molecule has 3 heteroatoms.